The Bertz CT molecular complexity index is 250. The summed E-state index contributed by atoms with van der Waals surface area (Å²) in [6.45, 7) is 9.62. The van der Waals surface area contributed by atoms with Crippen LogP contribution in [-0.4, -0.2) is 41.5 Å². The summed E-state index contributed by atoms with van der Waals surface area (Å²) in [7, 11) is 0. The van der Waals surface area contributed by atoms with Gasteiger partial charge in [-0.25, -0.2) is 0 Å². The zero-order valence-electron chi connectivity index (χ0n) is 10.6. The van der Waals surface area contributed by atoms with Gasteiger partial charge in [-0.15, -0.1) is 11.6 Å². The topological polar surface area (TPSA) is 29.5 Å². The van der Waals surface area contributed by atoms with Crippen LogP contribution in [0, 0.1) is 5.92 Å². The molecule has 1 rings (SSSR count). The molecule has 0 aliphatic carbocycles. The molecule has 94 valence electrons. The molecular weight excluding hydrogens is 226 g/mol. The van der Waals surface area contributed by atoms with E-state index in [-0.39, 0.29) is 23.5 Å². The van der Waals surface area contributed by atoms with Gasteiger partial charge >= 0.3 is 0 Å². The zero-order chi connectivity index (χ0) is 12.3. The van der Waals surface area contributed by atoms with Gasteiger partial charge in [0.2, 0.25) is 5.91 Å². The van der Waals surface area contributed by atoms with E-state index in [0.29, 0.717) is 5.92 Å². The first kappa shape index (κ1) is 13.8. The van der Waals surface area contributed by atoms with Crippen LogP contribution in [0.4, 0.5) is 0 Å². The predicted molar refractivity (Wildman–Crippen MR) is 65.7 cm³/mol. The summed E-state index contributed by atoms with van der Waals surface area (Å²) in [5, 5.41) is 0.201. The van der Waals surface area contributed by atoms with E-state index in [9.17, 15) is 4.79 Å². The van der Waals surface area contributed by atoms with Gasteiger partial charge in [-0.1, -0.05) is 6.92 Å². The molecule has 0 bridgehead atoms. The molecule has 1 aliphatic heterocycles. The summed E-state index contributed by atoms with van der Waals surface area (Å²) in [4.78, 5) is 13.7. The first-order valence-corrected chi connectivity index (χ1v) is 6.29. The summed E-state index contributed by atoms with van der Waals surface area (Å²) in [5.74, 6) is 0.444. The van der Waals surface area contributed by atoms with Gasteiger partial charge in [0.05, 0.1) is 5.60 Å². The van der Waals surface area contributed by atoms with Crippen LogP contribution in [0.25, 0.3) is 0 Å². The summed E-state index contributed by atoms with van der Waals surface area (Å²) >= 11 is 6.12. The molecule has 2 atom stereocenters. The number of hydrogen-bond donors (Lipinski definition) is 0. The van der Waals surface area contributed by atoms with E-state index in [2.05, 4.69) is 6.92 Å². The SMILES string of the molecule is CC1CN(C(=O)COC(C)(C)C)CCC1Cl. The predicted octanol–water partition coefficient (Wildman–Crippen LogP) is 2.28. The normalized spacial score (nSPS) is 26.9. The molecular formula is C12H22ClNO2. The van der Waals surface area contributed by atoms with Crippen LogP contribution in [0.5, 0.6) is 0 Å². The van der Waals surface area contributed by atoms with Gasteiger partial charge in [0.25, 0.3) is 0 Å². The summed E-state index contributed by atoms with van der Waals surface area (Å²) in [6.07, 6.45) is 0.879. The smallest absolute Gasteiger partial charge is 0.248 e. The van der Waals surface area contributed by atoms with Crippen LogP contribution in [0.15, 0.2) is 0 Å². The quantitative estimate of drug-likeness (QED) is 0.701. The molecule has 0 saturated carbocycles. The second kappa shape index (κ2) is 5.37. The van der Waals surface area contributed by atoms with Crippen LogP contribution >= 0.6 is 11.6 Å². The van der Waals surface area contributed by atoms with Crippen LogP contribution in [0.3, 0.4) is 0 Å². The van der Waals surface area contributed by atoms with Crippen molar-refractivity contribution in [1.82, 2.24) is 4.90 Å². The highest BCUT2D eigenvalue weighted by molar-refractivity contribution is 6.20. The molecule has 16 heavy (non-hydrogen) atoms. The number of nitrogens with zero attached hydrogens (tertiary/aromatic N) is 1. The van der Waals surface area contributed by atoms with Gasteiger partial charge in [-0.05, 0) is 33.1 Å². The number of ether oxygens (including phenoxy) is 1. The third-order valence-electron chi connectivity index (χ3n) is 2.78. The maximum Gasteiger partial charge on any atom is 0.248 e. The molecule has 1 heterocycles. The summed E-state index contributed by atoms with van der Waals surface area (Å²) in [6, 6.07) is 0. The number of halogens is 1. The maximum atomic E-state index is 11.9. The Kier molecular flexibility index (Phi) is 4.62. The summed E-state index contributed by atoms with van der Waals surface area (Å²) in [5.41, 5.74) is -0.258. The summed E-state index contributed by atoms with van der Waals surface area (Å²) < 4.78 is 5.48. The monoisotopic (exact) mass is 247 g/mol. The van der Waals surface area contributed by atoms with Gasteiger partial charge in [0.1, 0.15) is 6.61 Å². The third kappa shape index (κ3) is 4.30. The van der Waals surface area contributed by atoms with Gasteiger partial charge in [-0.3, -0.25) is 4.79 Å². The van der Waals surface area contributed by atoms with Crippen LogP contribution in [0.1, 0.15) is 34.1 Å². The number of carbonyl (C=O) groups is 1. The number of likely N-dealkylation sites (tertiary alicyclic amines) is 1. The van der Waals surface area contributed by atoms with E-state index in [4.69, 9.17) is 16.3 Å². The van der Waals surface area contributed by atoms with E-state index >= 15 is 0 Å². The standard InChI is InChI=1S/C12H22ClNO2/c1-9-7-14(6-5-10(9)13)11(15)8-16-12(2,3)4/h9-10H,5-8H2,1-4H3. The van der Waals surface area contributed by atoms with E-state index in [1.54, 1.807) is 0 Å². The molecule has 0 radical (unpaired) electrons. The van der Waals surface area contributed by atoms with Crippen molar-refractivity contribution < 1.29 is 9.53 Å². The number of alkyl halides is 1. The highest BCUT2D eigenvalue weighted by Gasteiger charge is 2.27. The second-order valence-corrected chi connectivity index (χ2v) is 6.08. The van der Waals surface area contributed by atoms with Crippen molar-refractivity contribution in [3.05, 3.63) is 0 Å². The lowest BCUT2D eigenvalue weighted by Gasteiger charge is -2.34. The highest BCUT2D eigenvalue weighted by atomic mass is 35.5. The van der Waals surface area contributed by atoms with Crippen LogP contribution in [0.2, 0.25) is 0 Å². The molecule has 4 heteroatoms. The Morgan fingerprint density at radius 3 is 2.62 bits per heavy atom. The van der Waals surface area contributed by atoms with Gasteiger partial charge in [-0.2, -0.15) is 0 Å². The van der Waals surface area contributed by atoms with Crippen molar-refractivity contribution >= 4 is 17.5 Å². The Hall–Kier alpha value is -0.280. The molecule has 0 N–H and O–H groups in total. The molecule has 0 spiro atoms. The minimum Gasteiger partial charge on any atom is -0.366 e. The van der Waals surface area contributed by atoms with Gasteiger partial charge in [0, 0.05) is 18.5 Å². The zero-order valence-corrected chi connectivity index (χ0v) is 11.4. The highest BCUT2D eigenvalue weighted by Crippen LogP contribution is 2.21. The Morgan fingerprint density at radius 1 is 1.50 bits per heavy atom. The maximum absolute atomic E-state index is 11.9. The lowest BCUT2D eigenvalue weighted by Crippen LogP contribution is -2.45. The largest absolute Gasteiger partial charge is 0.366 e. The number of amides is 1. The lowest BCUT2D eigenvalue weighted by molar-refractivity contribution is -0.142. The van der Waals surface area contributed by atoms with Crippen molar-refractivity contribution in [2.24, 2.45) is 5.92 Å². The number of hydrogen-bond acceptors (Lipinski definition) is 2. The van der Waals surface area contributed by atoms with Crippen molar-refractivity contribution in [3.8, 4) is 0 Å². The first-order chi connectivity index (χ1) is 7.29. The third-order valence-corrected chi connectivity index (χ3v) is 3.43. The minimum absolute atomic E-state index is 0.0744. The van der Waals surface area contributed by atoms with Crippen LogP contribution in [-0.2, 0) is 9.53 Å². The second-order valence-electron chi connectivity index (χ2n) is 5.52. The van der Waals surface area contributed by atoms with Crippen molar-refractivity contribution in [2.45, 2.75) is 45.1 Å². The van der Waals surface area contributed by atoms with E-state index in [0.717, 1.165) is 19.5 Å². The molecule has 0 aromatic rings. The van der Waals surface area contributed by atoms with Crippen molar-refractivity contribution in [1.29, 1.82) is 0 Å². The average Bonchev–Trinajstić information content (AvgIpc) is 2.17. The molecule has 0 aromatic carbocycles. The van der Waals surface area contributed by atoms with E-state index in [1.807, 2.05) is 25.7 Å². The molecule has 0 aromatic heterocycles. The number of piperidine rings is 1. The Labute approximate surface area is 103 Å². The lowest BCUT2D eigenvalue weighted by atomic mass is 9.99. The fourth-order valence-corrected chi connectivity index (χ4v) is 1.89. The van der Waals surface area contributed by atoms with Gasteiger partial charge in [0.15, 0.2) is 0 Å². The molecule has 2 unspecified atom stereocenters. The van der Waals surface area contributed by atoms with Gasteiger partial charge < -0.3 is 9.64 Å². The Balaban J connectivity index is 2.38. The molecule has 1 saturated heterocycles. The van der Waals surface area contributed by atoms with E-state index in [1.165, 1.54) is 0 Å². The Morgan fingerprint density at radius 2 is 2.12 bits per heavy atom. The van der Waals surface area contributed by atoms with Crippen molar-refractivity contribution in [2.75, 3.05) is 19.7 Å². The fourth-order valence-electron chi connectivity index (χ4n) is 1.71. The average molecular weight is 248 g/mol. The molecule has 3 nitrogen and oxygen atoms in total. The van der Waals surface area contributed by atoms with E-state index < -0.39 is 0 Å². The number of rotatable bonds is 2. The fraction of sp³-hybridized carbons (Fsp3) is 0.917. The number of carbonyl (C=O) groups excluding carboxylic acids is 1. The molecule has 1 amide bonds. The van der Waals surface area contributed by atoms with Crippen LogP contribution < -0.4 is 0 Å². The minimum atomic E-state index is -0.258. The molecule has 1 aliphatic rings. The van der Waals surface area contributed by atoms with Crippen molar-refractivity contribution in [3.63, 3.8) is 0 Å². The molecule has 1 fully saturated rings. The first-order valence-electron chi connectivity index (χ1n) is 5.85.